The second kappa shape index (κ2) is 2.53. The zero-order chi connectivity index (χ0) is 8.67. The van der Waals surface area contributed by atoms with Crippen LogP contribution in [0.3, 0.4) is 0 Å². The van der Waals surface area contributed by atoms with Gasteiger partial charge in [0.1, 0.15) is 11.3 Å². The van der Waals surface area contributed by atoms with E-state index in [0.29, 0.717) is 0 Å². The fourth-order valence-corrected chi connectivity index (χ4v) is 1.77. The number of nitrogens with one attached hydrogen (secondary N) is 1. The summed E-state index contributed by atoms with van der Waals surface area (Å²) in [5.74, 6) is 1.10. The molecule has 66 valence electrons. The van der Waals surface area contributed by atoms with Crippen LogP contribution < -0.4 is 5.32 Å². The molecule has 1 aliphatic heterocycles. The molecule has 4 heteroatoms. The summed E-state index contributed by atoms with van der Waals surface area (Å²) in [5.41, 5.74) is 2.01. The largest absolute Gasteiger partial charge is 0.310 e. The van der Waals surface area contributed by atoms with Crippen LogP contribution in [0.15, 0.2) is 18.3 Å². The van der Waals surface area contributed by atoms with Crippen molar-refractivity contribution in [1.29, 1.82) is 0 Å². The van der Waals surface area contributed by atoms with Crippen LogP contribution in [0.4, 0.5) is 0 Å². The number of hydrogen-bond donors (Lipinski definition) is 1. The highest BCUT2D eigenvalue weighted by atomic mass is 15.2. The highest BCUT2D eigenvalue weighted by Gasteiger charge is 2.13. The lowest BCUT2D eigenvalue weighted by atomic mass is 10.4. The van der Waals surface area contributed by atoms with Crippen LogP contribution in [0.5, 0.6) is 0 Å². The Morgan fingerprint density at radius 1 is 1.46 bits per heavy atom. The van der Waals surface area contributed by atoms with Crippen molar-refractivity contribution in [1.82, 2.24) is 19.9 Å². The normalized spacial score (nSPS) is 16.0. The molecule has 0 unspecified atom stereocenters. The van der Waals surface area contributed by atoms with Gasteiger partial charge in [-0.3, -0.25) is 0 Å². The Balaban J connectivity index is 2.34. The summed E-state index contributed by atoms with van der Waals surface area (Å²) in [6.07, 6.45) is 1.82. The number of fused-ring (bicyclic) bond motifs is 3. The van der Waals surface area contributed by atoms with Crippen molar-refractivity contribution < 1.29 is 0 Å². The summed E-state index contributed by atoms with van der Waals surface area (Å²) in [4.78, 5) is 8.82. The van der Waals surface area contributed by atoms with Crippen LogP contribution in [-0.2, 0) is 13.1 Å². The van der Waals surface area contributed by atoms with E-state index in [1.165, 1.54) is 0 Å². The topological polar surface area (TPSA) is 42.7 Å². The second-order valence-electron chi connectivity index (χ2n) is 3.20. The van der Waals surface area contributed by atoms with Crippen LogP contribution >= 0.6 is 0 Å². The van der Waals surface area contributed by atoms with Crippen LogP contribution in [0.25, 0.3) is 11.2 Å². The fraction of sp³-hybridized carbons (Fsp3) is 0.333. The lowest BCUT2D eigenvalue weighted by Crippen LogP contribution is -2.28. The highest BCUT2D eigenvalue weighted by Crippen LogP contribution is 2.14. The summed E-state index contributed by atoms with van der Waals surface area (Å²) in [6, 6.07) is 3.93. The van der Waals surface area contributed by atoms with Crippen LogP contribution in [-0.4, -0.2) is 21.1 Å². The molecule has 0 atom stereocenters. The van der Waals surface area contributed by atoms with Gasteiger partial charge in [-0.05, 0) is 12.1 Å². The van der Waals surface area contributed by atoms with E-state index in [2.05, 4.69) is 19.9 Å². The number of aromatic nitrogens is 3. The Labute approximate surface area is 75.6 Å². The summed E-state index contributed by atoms with van der Waals surface area (Å²) in [6.45, 7) is 2.84. The molecular formula is C9H10N4. The molecule has 0 amide bonds. The molecule has 1 N–H and O–H groups in total. The van der Waals surface area contributed by atoms with E-state index in [4.69, 9.17) is 0 Å². The molecule has 0 saturated heterocycles. The quantitative estimate of drug-likeness (QED) is 0.633. The van der Waals surface area contributed by atoms with Gasteiger partial charge in [0.15, 0.2) is 5.65 Å². The first-order chi connectivity index (χ1) is 6.45. The zero-order valence-electron chi connectivity index (χ0n) is 7.20. The maximum Gasteiger partial charge on any atom is 0.160 e. The third kappa shape index (κ3) is 0.954. The van der Waals surface area contributed by atoms with Crippen LogP contribution in [0, 0.1) is 0 Å². The van der Waals surface area contributed by atoms with Gasteiger partial charge in [0.05, 0.1) is 6.54 Å². The van der Waals surface area contributed by atoms with Crippen molar-refractivity contribution >= 4 is 11.2 Å². The second-order valence-corrected chi connectivity index (χ2v) is 3.20. The minimum absolute atomic E-state index is 0.858. The van der Waals surface area contributed by atoms with Crippen molar-refractivity contribution in [3.05, 3.63) is 24.2 Å². The third-order valence-electron chi connectivity index (χ3n) is 2.38. The van der Waals surface area contributed by atoms with E-state index >= 15 is 0 Å². The summed E-state index contributed by atoms with van der Waals surface area (Å²) in [7, 11) is 0. The van der Waals surface area contributed by atoms with Gasteiger partial charge < -0.3 is 9.88 Å². The molecular weight excluding hydrogens is 164 g/mol. The third-order valence-corrected chi connectivity index (χ3v) is 2.38. The fourth-order valence-electron chi connectivity index (χ4n) is 1.77. The molecule has 0 fully saturated rings. The van der Waals surface area contributed by atoms with Gasteiger partial charge in [-0.15, -0.1) is 0 Å². The van der Waals surface area contributed by atoms with E-state index in [1.54, 1.807) is 0 Å². The lowest BCUT2D eigenvalue weighted by Gasteiger charge is -2.14. The maximum atomic E-state index is 4.49. The van der Waals surface area contributed by atoms with Crippen molar-refractivity contribution in [2.45, 2.75) is 13.1 Å². The van der Waals surface area contributed by atoms with E-state index < -0.39 is 0 Å². The molecule has 0 aromatic carbocycles. The summed E-state index contributed by atoms with van der Waals surface area (Å²) in [5, 5.41) is 3.29. The molecule has 0 spiro atoms. The minimum atomic E-state index is 0.858. The van der Waals surface area contributed by atoms with Gasteiger partial charge in [0.25, 0.3) is 0 Å². The van der Waals surface area contributed by atoms with Crippen molar-refractivity contribution in [2.75, 3.05) is 6.54 Å². The number of hydrogen-bond acceptors (Lipinski definition) is 3. The first-order valence-corrected chi connectivity index (χ1v) is 4.46. The van der Waals surface area contributed by atoms with Crippen molar-refractivity contribution in [2.24, 2.45) is 0 Å². The number of imidazole rings is 1. The first-order valence-electron chi connectivity index (χ1n) is 4.46. The van der Waals surface area contributed by atoms with E-state index in [9.17, 15) is 0 Å². The van der Waals surface area contributed by atoms with Crippen LogP contribution in [0.2, 0.25) is 0 Å². The van der Waals surface area contributed by atoms with Gasteiger partial charge in [-0.2, -0.15) is 0 Å². The highest BCUT2D eigenvalue weighted by molar-refractivity contribution is 5.71. The standard InChI is InChI=1S/C9H10N4/c1-2-7-9(11-3-1)13-5-4-10-6-8(13)12-7/h1-3,10H,4-6H2. The molecule has 1 aliphatic rings. The summed E-state index contributed by atoms with van der Waals surface area (Å²) < 4.78 is 2.19. The molecule has 0 radical (unpaired) electrons. The van der Waals surface area contributed by atoms with Gasteiger partial charge in [-0.25, -0.2) is 9.97 Å². The molecule has 0 bridgehead atoms. The number of rotatable bonds is 0. The minimum Gasteiger partial charge on any atom is -0.310 e. The van der Waals surface area contributed by atoms with Gasteiger partial charge >= 0.3 is 0 Å². The predicted octanol–water partition coefficient (Wildman–Crippen LogP) is 0.534. The molecule has 13 heavy (non-hydrogen) atoms. The monoisotopic (exact) mass is 174 g/mol. The van der Waals surface area contributed by atoms with Crippen LogP contribution in [0.1, 0.15) is 5.82 Å². The van der Waals surface area contributed by atoms with E-state index in [1.807, 2.05) is 18.3 Å². The zero-order valence-corrected chi connectivity index (χ0v) is 7.20. The van der Waals surface area contributed by atoms with E-state index in [-0.39, 0.29) is 0 Å². The molecule has 0 saturated carbocycles. The van der Waals surface area contributed by atoms with Crippen molar-refractivity contribution in [3.8, 4) is 0 Å². The lowest BCUT2D eigenvalue weighted by molar-refractivity contribution is 0.512. The van der Waals surface area contributed by atoms with Crippen molar-refractivity contribution in [3.63, 3.8) is 0 Å². The SMILES string of the molecule is c1cnc2c(c1)nc1n2CCNC1. The molecule has 2 aromatic heterocycles. The smallest absolute Gasteiger partial charge is 0.160 e. The Kier molecular flexibility index (Phi) is 1.37. The van der Waals surface area contributed by atoms with Gasteiger partial charge in [0.2, 0.25) is 0 Å². The average Bonchev–Trinajstić information content (AvgIpc) is 2.56. The Morgan fingerprint density at radius 2 is 2.46 bits per heavy atom. The molecule has 0 aliphatic carbocycles. The Morgan fingerprint density at radius 3 is 3.46 bits per heavy atom. The first kappa shape index (κ1) is 7.03. The maximum absolute atomic E-state index is 4.49. The number of pyridine rings is 1. The molecule has 2 aromatic rings. The average molecular weight is 174 g/mol. The summed E-state index contributed by atoms with van der Waals surface area (Å²) >= 11 is 0. The predicted molar refractivity (Wildman–Crippen MR) is 49.2 cm³/mol. The molecule has 3 heterocycles. The molecule has 4 nitrogen and oxygen atoms in total. The molecule has 3 rings (SSSR count). The van der Waals surface area contributed by atoms with E-state index in [0.717, 1.165) is 36.6 Å². The van der Waals surface area contributed by atoms with Gasteiger partial charge in [-0.1, -0.05) is 0 Å². The Hall–Kier alpha value is -1.42. The van der Waals surface area contributed by atoms with Gasteiger partial charge in [0, 0.05) is 19.3 Å². The number of nitrogens with zero attached hydrogens (tertiary/aromatic N) is 3. The Bertz CT molecular complexity index is 446.